The van der Waals surface area contributed by atoms with Gasteiger partial charge in [-0.1, -0.05) is 0 Å². The fraction of sp³-hybridized carbons (Fsp3) is 0.538. The van der Waals surface area contributed by atoms with Crippen molar-refractivity contribution in [3.63, 3.8) is 0 Å². The van der Waals surface area contributed by atoms with Gasteiger partial charge in [0.1, 0.15) is 13.2 Å². The van der Waals surface area contributed by atoms with Crippen molar-refractivity contribution in [3.05, 3.63) is 23.3 Å². The predicted octanol–water partition coefficient (Wildman–Crippen LogP) is 1.54. The van der Waals surface area contributed by atoms with Gasteiger partial charge in [0.05, 0.1) is 6.10 Å². The van der Waals surface area contributed by atoms with E-state index in [0.29, 0.717) is 19.0 Å². The summed E-state index contributed by atoms with van der Waals surface area (Å²) in [7, 11) is 0. The third-order valence-corrected chi connectivity index (χ3v) is 2.93. The first-order valence-electron chi connectivity index (χ1n) is 5.76. The van der Waals surface area contributed by atoms with Gasteiger partial charge in [0.15, 0.2) is 11.5 Å². The molecular weight excluding hydrogens is 218 g/mol. The topological polar surface area (TPSA) is 64.7 Å². The second-order valence-corrected chi connectivity index (χ2v) is 5.08. The maximum absolute atomic E-state index is 10.2. The Balaban J connectivity index is 2.41. The van der Waals surface area contributed by atoms with Gasteiger partial charge < -0.3 is 20.3 Å². The lowest BCUT2D eigenvalue weighted by molar-refractivity contribution is 0.103. The molecule has 0 radical (unpaired) electrons. The van der Waals surface area contributed by atoms with Crippen molar-refractivity contribution in [2.45, 2.75) is 32.4 Å². The molecule has 1 aromatic carbocycles. The molecule has 3 N–H and O–H groups in total. The van der Waals surface area contributed by atoms with Crippen molar-refractivity contribution in [3.8, 4) is 11.5 Å². The molecule has 0 bridgehead atoms. The van der Waals surface area contributed by atoms with Gasteiger partial charge in [-0.05, 0) is 44.0 Å². The van der Waals surface area contributed by atoms with Crippen LogP contribution in [0, 0.1) is 6.92 Å². The van der Waals surface area contributed by atoms with Crippen LogP contribution in [-0.4, -0.2) is 23.9 Å². The molecule has 0 saturated heterocycles. The summed E-state index contributed by atoms with van der Waals surface area (Å²) in [6.45, 7) is 6.64. The van der Waals surface area contributed by atoms with E-state index < -0.39 is 11.6 Å². The number of aryl methyl sites for hydroxylation is 1. The van der Waals surface area contributed by atoms with Gasteiger partial charge in [-0.3, -0.25) is 0 Å². The third-order valence-electron chi connectivity index (χ3n) is 2.93. The molecule has 0 aliphatic carbocycles. The van der Waals surface area contributed by atoms with E-state index in [2.05, 4.69) is 0 Å². The molecule has 2 rings (SSSR count). The number of hydrogen-bond acceptors (Lipinski definition) is 4. The molecule has 1 aliphatic rings. The first-order chi connectivity index (χ1) is 7.89. The molecule has 0 spiro atoms. The molecule has 1 aliphatic heterocycles. The van der Waals surface area contributed by atoms with Crippen LogP contribution < -0.4 is 15.2 Å². The summed E-state index contributed by atoms with van der Waals surface area (Å²) in [4.78, 5) is 0. The molecule has 17 heavy (non-hydrogen) atoms. The minimum atomic E-state index is -0.724. The number of hydrogen-bond donors (Lipinski definition) is 2. The Kier molecular flexibility index (Phi) is 3.02. The van der Waals surface area contributed by atoms with E-state index in [1.807, 2.05) is 19.1 Å². The molecule has 0 fully saturated rings. The molecule has 4 heteroatoms. The summed E-state index contributed by atoms with van der Waals surface area (Å²) >= 11 is 0. The second-order valence-electron chi connectivity index (χ2n) is 5.08. The number of aliphatic hydroxyl groups excluding tert-OH is 1. The Morgan fingerprint density at radius 2 is 1.76 bits per heavy atom. The zero-order valence-corrected chi connectivity index (χ0v) is 10.5. The number of nitrogens with two attached hydrogens (primary N) is 1. The standard InChI is InChI=1S/C13H19NO3/c1-8-6-10-11(17-5-4-16-10)7-9(8)12(15)13(2,3)14/h6-7,12,15H,4-5,14H2,1-3H3. The smallest absolute Gasteiger partial charge is 0.161 e. The third kappa shape index (κ3) is 2.37. The van der Waals surface area contributed by atoms with Crippen molar-refractivity contribution in [1.82, 2.24) is 0 Å². The van der Waals surface area contributed by atoms with Gasteiger partial charge in [0, 0.05) is 5.54 Å². The average molecular weight is 237 g/mol. The van der Waals surface area contributed by atoms with E-state index in [-0.39, 0.29) is 0 Å². The molecule has 0 saturated carbocycles. The summed E-state index contributed by atoms with van der Waals surface area (Å²) in [5.74, 6) is 1.42. The highest BCUT2D eigenvalue weighted by Gasteiger charge is 2.27. The minimum absolute atomic E-state index is 0.539. The molecule has 0 aromatic heterocycles. The number of ether oxygens (including phenoxy) is 2. The zero-order chi connectivity index (χ0) is 12.6. The van der Waals surface area contributed by atoms with Crippen LogP contribution in [0.3, 0.4) is 0 Å². The molecule has 94 valence electrons. The Labute approximate surface area is 101 Å². The molecule has 0 amide bonds. The molecule has 1 heterocycles. The van der Waals surface area contributed by atoms with Crippen molar-refractivity contribution in [2.24, 2.45) is 5.73 Å². The Bertz CT molecular complexity index is 423. The highest BCUT2D eigenvalue weighted by molar-refractivity contribution is 5.48. The van der Waals surface area contributed by atoms with Gasteiger partial charge in [-0.2, -0.15) is 0 Å². The van der Waals surface area contributed by atoms with Gasteiger partial charge in [-0.25, -0.2) is 0 Å². The zero-order valence-electron chi connectivity index (χ0n) is 10.5. The maximum Gasteiger partial charge on any atom is 0.161 e. The van der Waals surface area contributed by atoms with Crippen LogP contribution >= 0.6 is 0 Å². The monoisotopic (exact) mass is 237 g/mol. The summed E-state index contributed by atoms with van der Waals surface area (Å²) < 4.78 is 11.0. The Hall–Kier alpha value is -1.26. The van der Waals surface area contributed by atoms with E-state index >= 15 is 0 Å². The number of benzene rings is 1. The summed E-state index contributed by atoms with van der Waals surface area (Å²) in [6, 6.07) is 3.71. The van der Waals surface area contributed by atoms with E-state index in [1.165, 1.54) is 0 Å². The van der Waals surface area contributed by atoms with Crippen LogP contribution in [0.2, 0.25) is 0 Å². The SMILES string of the molecule is Cc1cc2c(cc1C(O)C(C)(C)N)OCCO2. The first-order valence-corrected chi connectivity index (χ1v) is 5.76. The largest absolute Gasteiger partial charge is 0.486 e. The van der Waals surface area contributed by atoms with Gasteiger partial charge in [0.25, 0.3) is 0 Å². The predicted molar refractivity (Wildman–Crippen MR) is 65.4 cm³/mol. The average Bonchev–Trinajstić information content (AvgIpc) is 2.26. The second kappa shape index (κ2) is 4.20. The highest BCUT2D eigenvalue weighted by atomic mass is 16.6. The van der Waals surface area contributed by atoms with Crippen LogP contribution in [0.25, 0.3) is 0 Å². The van der Waals surface area contributed by atoms with E-state index in [9.17, 15) is 5.11 Å². The maximum atomic E-state index is 10.2. The van der Waals surface area contributed by atoms with E-state index in [4.69, 9.17) is 15.2 Å². The number of aliphatic hydroxyl groups is 1. The van der Waals surface area contributed by atoms with E-state index in [0.717, 1.165) is 16.9 Å². The fourth-order valence-electron chi connectivity index (χ4n) is 1.90. The van der Waals surface area contributed by atoms with Gasteiger partial charge in [0.2, 0.25) is 0 Å². The molecular formula is C13H19NO3. The van der Waals surface area contributed by atoms with Gasteiger partial charge >= 0.3 is 0 Å². The summed E-state index contributed by atoms with van der Waals surface area (Å²) in [5.41, 5.74) is 7.00. The fourth-order valence-corrected chi connectivity index (χ4v) is 1.90. The molecule has 1 aromatic rings. The quantitative estimate of drug-likeness (QED) is 0.819. The first kappa shape index (κ1) is 12.2. The van der Waals surface area contributed by atoms with Crippen LogP contribution in [0.1, 0.15) is 31.1 Å². The lowest BCUT2D eigenvalue weighted by Crippen LogP contribution is -2.39. The minimum Gasteiger partial charge on any atom is -0.486 e. The van der Waals surface area contributed by atoms with Crippen LogP contribution in [0.15, 0.2) is 12.1 Å². The highest BCUT2D eigenvalue weighted by Crippen LogP contribution is 2.37. The van der Waals surface area contributed by atoms with Crippen LogP contribution in [0.5, 0.6) is 11.5 Å². The number of fused-ring (bicyclic) bond motifs is 1. The lowest BCUT2D eigenvalue weighted by atomic mass is 9.89. The molecule has 1 unspecified atom stereocenters. The molecule has 4 nitrogen and oxygen atoms in total. The van der Waals surface area contributed by atoms with Crippen molar-refractivity contribution in [2.75, 3.05) is 13.2 Å². The Morgan fingerprint density at radius 3 is 2.29 bits per heavy atom. The van der Waals surface area contributed by atoms with Crippen LogP contribution in [0.4, 0.5) is 0 Å². The van der Waals surface area contributed by atoms with Crippen molar-refractivity contribution >= 4 is 0 Å². The van der Waals surface area contributed by atoms with Gasteiger partial charge in [-0.15, -0.1) is 0 Å². The normalized spacial score (nSPS) is 16.8. The van der Waals surface area contributed by atoms with Crippen LogP contribution in [-0.2, 0) is 0 Å². The van der Waals surface area contributed by atoms with Crippen molar-refractivity contribution in [1.29, 1.82) is 0 Å². The summed E-state index contributed by atoms with van der Waals surface area (Å²) in [5, 5.41) is 10.2. The summed E-state index contributed by atoms with van der Waals surface area (Å²) in [6.07, 6.45) is -0.724. The number of rotatable bonds is 2. The van der Waals surface area contributed by atoms with Crippen molar-refractivity contribution < 1.29 is 14.6 Å². The Morgan fingerprint density at radius 1 is 1.24 bits per heavy atom. The molecule has 1 atom stereocenters. The van der Waals surface area contributed by atoms with E-state index in [1.54, 1.807) is 13.8 Å². The lowest BCUT2D eigenvalue weighted by Gasteiger charge is -2.29.